The van der Waals surface area contributed by atoms with Crippen LogP contribution in [0.1, 0.15) is 46.2 Å². The monoisotopic (exact) mass is 455 g/mol. The highest BCUT2D eigenvalue weighted by molar-refractivity contribution is 7.13. The van der Waals surface area contributed by atoms with Crippen molar-refractivity contribution < 1.29 is 9.59 Å². The molecule has 2 N–H and O–H groups in total. The average Bonchev–Trinajstić information content (AvgIpc) is 3.44. The first kappa shape index (κ1) is 21.3. The number of rotatable bonds is 5. The molecular formula is C22H22ClN5O2S. The van der Waals surface area contributed by atoms with Crippen molar-refractivity contribution >= 4 is 46.3 Å². The highest BCUT2D eigenvalue weighted by Gasteiger charge is 2.33. The molecule has 0 bridgehead atoms. The number of nitrogens with zero attached hydrogens (tertiary/aromatic N) is 3. The summed E-state index contributed by atoms with van der Waals surface area (Å²) in [6.45, 7) is 2.72. The number of carbonyl (C=O) groups excluding carboxylic acids is 2. The number of aryl methyl sites for hydroxylation is 1. The van der Waals surface area contributed by atoms with E-state index in [1.54, 1.807) is 29.2 Å². The molecule has 1 unspecified atom stereocenters. The van der Waals surface area contributed by atoms with E-state index >= 15 is 0 Å². The molecule has 3 amide bonds. The fraction of sp³-hybridized carbons (Fsp3) is 0.273. The van der Waals surface area contributed by atoms with Gasteiger partial charge in [-0.1, -0.05) is 48.1 Å². The Balaban J connectivity index is 1.43. The molecule has 31 heavy (non-hydrogen) atoms. The van der Waals surface area contributed by atoms with E-state index in [9.17, 15) is 9.59 Å². The summed E-state index contributed by atoms with van der Waals surface area (Å²) in [5.41, 5.74) is 2.56. The number of benzene rings is 2. The smallest absolute Gasteiger partial charge is 0.320 e. The SMILES string of the molecule is CCc1ccc(NC(=O)N2CCCC2c2nnc(C(=O)Nc3cccc(Cl)c3)s2)cc1. The first-order valence-corrected chi connectivity index (χ1v) is 11.3. The Morgan fingerprint density at radius 2 is 1.94 bits per heavy atom. The summed E-state index contributed by atoms with van der Waals surface area (Å²) in [5, 5.41) is 15.4. The van der Waals surface area contributed by atoms with Gasteiger partial charge in [0.25, 0.3) is 5.91 Å². The Hall–Kier alpha value is -2.97. The number of amides is 3. The molecule has 0 aliphatic carbocycles. The van der Waals surface area contributed by atoms with Crippen molar-refractivity contribution in [3.63, 3.8) is 0 Å². The van der Waals surface area contributed by atoms with E-state index in [1.165, 1.54) is 16.9 Å². The van der Waals surface area contributed by atoms with Gasteiger partial charge in [0.2, 0.25) is 5.01 Å². The normalized spacial score (nSPS) is 15.7. The zero-order chi connectivity index (χ0) is 21.8. The maximum Gasteiger partial charge on any atom is 0.322 e. The van der Waals surface area contributed by atoms with Crippen molar-refractivity contribution in [3.05, 3.63) is 69.1 Å². The molecule has 1 aromatic heterocycles. The van der Waals surface area contributed by atoms with Crippen molar-refractivity contribution in [2.75, 3.05) is 17.2 Å². The van der Waals surface area contributed by atoms with Gasteiger partial charge in [-0.2, -0.15) is 0 Å². The number of aromatic nitrogens is 2. The van der Waals surface area contributed by atoms with Crippen molar-refractivity contribution in [1.29, 1.82) is 0 Å². The Labute approximate surface area is 189 Å². The van der Waals surface area contributed by atoms with Crippen molar-refractivity contribution in [1.82, 2.24) is 15.1 Å². The third-order valence-electron chi connectivity index (χ3n) is 5.13. The van der Waals surface area contributed by atoms with Crippen molar-refractivity contribution in [2.24, 2.45) is 0 Å². The molecule has 1 aliphatic rings. The fourth-order valence-electron chi connectivity index (χ4n) is 3.50. The predicted molar refractivity (Wildman–Crippen MR) is 123 cm³/mol. The lowest BCUT2D eigenvalue weighted by Gasteiger charge is -2.23. The van der Waals surface area contributed by atoms with E-state index in [0.717, 1.165) is 24.9 Å². The topological polar surface area (TPSA) is 87.2 Å². The van der Waals surface area contributed by atoms with Gasteiger partial charge < -0.3 is 15.5 Å². The number of likely N-dealkylation sites (tertiary alicyclic amines) is 1. The number of hydrogen-bond donors (Lipinski definition) is 2. The highest BCUT2D eigenvalue weighted by atomic mass is 35.5. The Bertz CT molecular complexity index is 1090. The van der Waals surface area contributed by atoms with Crippen LogP contribution >= 0.6 is 22.9 Å². The Kier molecular flexibility index (Phi) is 6.48. The van der Waals surface area contributed by atoms with Crippen LogP contribution in [0, 0.1) is 0 Å². The molecule has 0 radical (unpaired) electrons. The van der Waals surface area contributed by atoms with Gasteiger partial charge in [0.05, 0.1) is 6.04 Å². The van der Waals surface area contributed by atoms with Crippen LogP contribution < -0.4 is 10.6 Å². The third kappa shape index (κ3) is 5.03. The van der Waals surface area contributed by atoms with E-state index in [2.05, 4.69) is 27.8 Å². The van der Waals surface area contributed by atoms with Crippen LogP contribution in [-0.2, 0) is 6.42 Å². The fourth-order valence-corrected chi connectivity index (χ4v) is 4.57. The molecule has 4 rings (SSSR count). The number of urea groups is 1. The lowest BCUT2D eigenvalue weighted by atomic mass is 10.1. The van der Waals surface area contributed by atoms with Crippen LogP contribution in [0.5, 0.6) is 0 Å². The summed E-state index contributed by atoms with van der Waals surface area (Å²) in [7, 11) is 0. The van der Waals surface area contributed by atoms with Gasteiger partial charge in [0.15, 0.2) is 0 Å². The minimum atomic E-state index is -0.351. The summed E-state index contributed by atoms with van der Waals surface area (Å²) in [6, 6.07) is 14.4. The van der Waals surface area contributed by atoms with Crippen LogP contribution in [0.3, 0.4) is 0 Å². The Morgan fingerprint density at radius 3 is 2.68 bits per heavy atom. The summed E-state index contributed by atoms with van der Waals surface area (Å²) in [5.74, 6) is -0.351. The largest absolute Gasteiger partial charge is 0.322 e. The number of halogens is 1. The second-order valence-corrected chi connectivity index (χ2v) is 8.69. The van der Waals surface area contributed by atoms with E-state index < -0.39 is 0 Å². The predicted octanol–water partition coefficient (Wildman–Crippen LogP) is 5.38. The molecule has 1 saturated heterocycles. The minimum Gasteiger partial charge on any atom is -0.320 e. The summed E-state index contributed by atoms with van der Waals surface area (Å²) < 4.78 is 0. The molecule has 1 aliphatic heterocycles. The highest BCUT2D eigenvalue weighted by Crippen LogP contribution is 2.34. The van der Waals surface area contributed by atoms with E-state index in [-0.39, 0.29) is 23.0 Å². The van der Waals surface area contributed by atoms with Crippen molar-refractivity contribution in [2.45, 2.75) is 32.2 Å². The van der Waals surface area contributed by atoms with Gasteiger partial charge in [-0.15, -0.1) is 10.2 Å². The summed E-state index contributed by atoms with van der Waals surface area (Å²) in [6.07, 6.45) is 2.61. The van der Waals surface area contributed by atoms with Crippen LogP contribution in [0.4, 0.5) is 16.2 Å². The van der Waals surface area contributed by atoms with E-state index in [4.69, 9.17) is 11.6 Å². The summed E-state index contributed by atoms with van der Waals surface area (Å²) >= 11 is 7.17. The van der Waals surface area contributed by atoms with Crippen LogP contribution in [0.15, 0.2) is 48.5 Å². The van der Waals surface area contributed by atoms with Gasteiger partial charge in [-0.3, -0.25) is 4.79 Å². The molecule has 2 aromatic carbocycles. The van der Waals surface area contributed by atoms with Gasteiger partial charge in [-0.25, -0.2) is 4.79 Å². The van der Waals surface area contributed by atoms with Gasteiger partial charge in [0.1, 0.15) is 5.01 Å². The number of hydrogen-bond acceptors (Lipinski definition) is 5. The maximum absolute atomic E-state index is 12.8. The molecule has 3 aromatic rings. The maximum atomic E-state index is 12.8. The number of carbonyl (C=O) groups is 2. The first-order valence-electron chi connectivity index (χ1n) is 10.1. The second kappa shape index (κ2) is 9.45. The molecule has 7 nitrogen and oxygen atoms in total. The quantitative estimate of drug-likeness (QED) is 0.541. The molecule has 1 fully saturated rings. The van der Waals surface area contributed by atoms with Crippen LogP contribution in [0.25, 0.3) is 0 Å². The van der Waals surface area contributed by atoms with Gasteiger partial charge >= 0.3 is 6.03 Å². The third-order valence-corrected chi connectivity index (χ3v) is 6.39. The molecule has 0 saturated carbocycles. The summed E-state index contributed by atoms with van der Waals surface area (Å²) in [4.78, 5) is 27.1. The zero-order valence-electron chi connectivity index (χ0n) is 17.0. The van der Waals surface area contributed by atoms with E-state index in [1.807, 2.05) is 24.3 Å². The molecule has 160 valence electrons. The molecule has 1 atom stereocenters. The Morgan fingerprint density at radius 1 is 1.13 bits per heavy atom. The van der Waals surface area contributed by atoms with E-state index in [0.29, 0.717) is 22.3 Å². The van der Waals surface area contributed by atoms with Crippen LogP contribution in [-0.4, -0.2) is 33.6 Å². The lowest BCUT2D eigenvalue weighted by Crippen LogP contribution is -2.34. The molecular weight excluding hydrogens is 434 g/mol. The zero-order valence-corrected chi connectivity index (χ0v) is 18.5. The average molecular weight is 456 g/mol. The van der Waals surface area contributed by atoms with Crippen LogP contribution in [0.2, 0.25) is 5.02 Å². The van der Waals surface area contributed by atoms with Gasteiger partial charge in [0, 0.05) is 22.9 Å². The number of nitrogens with one attached hydrogen (secondary N) is 2. The lowest BCUT2D eigenvalue weighted by molar-refractivity contribution is 0.102. The molecule has 9 heteroatoms. The van der Waals surface area contributed by atoms with Crippen molar-refractivity contribution in [3.8, 4) is 0 Å². The van der Waals surface area contributed by atoms with Gasteiger partial charge in [-0.05, 0) is 55.2 Å². The number of anilines is 2. The molecule has 0 spiro atoms. The minimum absolute atomic E-state index is 0.174. The first-order chi connectivity index (χ1) is 15.0. The second-order valence-electron chi connectivity index (χ2n) is 7.24. The molecule has 2 heterocycles. The standard InChI is InChI=1S/C22H22ClN5O2S/c1-2-14-8-10-16(11-9-14)25-22(30)28-12-4-7-18(28)20-26-27-21(31-20)19(29)24-17-6-3-5-15(23)13-17/h3,5-6,8-11,13,18H,2,4,7,12H2,1H3,(H,24,29)(H,25,30).